The van der Waals surface area contributed by atoms with Crippen LogP contribution in [0.5, 0.6) is 0 Å². The molecule has 0 saturated heterocycles. The molecule has 9 heteroatoms. The molecule has 0 radical (unpaired) electrons. The number of aromatic amines is 1. The number of ketones is 1. The van der Waals surface area contributed by atoms with E-state index in [1.165, 1.54) is 0 Å². The third-order valence-electron chi connectivity index (χ3n) is 5.44. The van der Waals surface area contributed by atoms with Crippen LogP contribution in [0.2, 0.25) is 0 Å². The van der Waals surface area contributed by atoms with Crippen LogP contribution in [0.1, 0.15) is 47.1 Å². The number of anilines is 1. The van der Waals surface area contributed by atoms with E-state index >= 15 is 0 Å². The Morgan fingerprint density at radius 1 is 1.36 bits per heavy atom. The molecule has 3 rings (SSSR count). The number of nitrogens with zero attached hydrogens (tertiary/aromatic N) is 2. The van der Waals surface area contributed by atoms with Crippen molar-refractivity contribution in [2.45, 2.75) is 39.7 Å². The minimum atomic E-state index is -3.45. The van der Waals surface area contributed by atoms with Gasteiger partial charge in [-0.2, -0.15) is 13.5 Å². The van der Waals surface area contributed by atoms with Crippen LogP contribution in [0.4, 0.5) is 5.69 Å². The minimum absolute atomic E-state index is 0.124. The summed E-state index contributed by atoms with van der Waals surface area (Å²) in [5.41, 5.74) is 3.27. The molecule has 8 nitrogen and oxygen atoms in total. The third-order valence-corrected chi connectivity index (χ3v) is 6.00. The summed E-state index contributed by atoms with van der Waals surface area (Å²) in [6.45, 7) is 6.01. The summed E-state index contributed by atoms with van der Waals surface area (Å²) in [6.07, 6.45) is 5.90. The zero-order valence-electron chi connectivity index (χ0n) is 16.5. The Kier molecular flexibility index (Phi) is 5.85. The van der Waals surface area contributed by atoms with Crippen LogP contribution in [-0.4, -0.2) is 48.3 Å². The van der Waals surface area contributed by atoms with Crippen molar-refractivity contribution in [1.82, 2.24) is 15.2 Å². The number of hydrogen-bond acceptors (Lipinski definition) is 7. The largest absolute Gasteiger partial charge is 0.382 e. The fourth-order valence-electron chi connectivity index (χ4n) is 3.65. The first-order chi connectivity index (χ1) is 13.2. The Balaban J connectivity index is 1.74. The molecule has 0 bridgehead atoms. The number of rotatable bonds is 7. The first-order valence-electron chi connectivity index (χ1n) is 9.27. The van der Waals surface area contributed by atoms with Gasteiger partial charge < -0.3 is 5.32 Å². The molecule has 2 heterocycles. The molecule has 2 aromatic heterocycles. The van der Waals surface area contributed by atoms with Crippen molar-refractivity contribution in [3.63, 3.8) is 0 Å². The van der Waals surface area contributed by atoms with E-state index in [2.05, 4.69) is 27.4 Å². The molecular weight excluding hydrogens is 380 g/mol. The van der Waals surface area contributed by atoms with E-state index in [1.807, 2.05) is 13.8 Å². The summed E-state index contributed by atoms with van der Waals surface area (Å²) in [4.78, 5) is 17.1. The van der Waals surface area contributed by atoms with E-state index in [0.717, 1.165) is 30.4 Å². The van der Waals surface area contributed by atoms with Crippen molar-refractivity contribution in [1.29, 1.82) is 0 Å². The molecule has 1 aliphatic rings. The van der Waals surface area contributed by atoms with Gasteiger partial charge in [0, 0.05) is 35.4 Å². The highest BCUT2D eigenvalue weighted by Gasteiger charge is 2.33. The van der Waals surface area contributed by atoms with Crippen molar-refractivity contribution in [3.8, 4) is 0 Å². The van der Waals surface area contributed by atoms with Crippen molar-refractivity contribution in [3.05, 3.63) is 41.0 Å². The molecule has 0 amide bonds. The highest BCUT2D eigenvalue weighted by molar-refractivity contribution is 7.85. The van der Waals surface area contributed by atoms with Crippen LogP contribution in [0.25, 0.3) is 0 Å². The van der Waals surface area contributed by atoms with Gasteiger partial charge in [0.05, 0.1) is 18.4 Å². The highest BCUT2D eigenvalue weighted by Crippen LogP contribution is 2.34. The van der Waals surface area contributed by atoms with Crippen molar-refractivity contribution >= 4 is 21.6 Å². The number of carbonyl (C=O) groups excluding carboxylic acids is 1. The molecular formula is C19H26N4O4S. The lowest BCUT2D eigenvalue weighted by molar-refractivity contribution is 0.103. The number of carbonyl (C=O) groups is 1. The van der Waals surface area contributed by atoms with E-state index in [-0.39, 0.29) is 24.3 Å². The van der Waals surface area contributed by atoms with Gasteiger partial charge in [0.2, 0.25) is 5.78 Å². The quantitative estimate of drug-likeness (QED) is 0.536. The number of pyridine rings is 1. The molecule has 3 atom stereocenters. The van der Waals surface area contributed by atoms with Gasteiger partial charge in [0.15, 0.2) is 0 Å². The molecule has 1 fully saturated rings. The average Bonchev–Trinajstić information content (AvgIpc) is 3.15. The van der Waals surface area contributed by atoms with Gasteiger partial charge in [0.1, 0.15) is 5.69 Å². The SMILES string of the molecule is Cc1[nH]nc(C(=O)c2cnccc2N[C@@H]2C[C@H](COS(C)(=O)=O)[C@@H](C)C2)c1C. The number of nitrogens with one attached hydrogen (secondary N) is 2. The van der Waals surface area contributed by atoms with Crippen LogP contribution in [-0.2, 0) is 14.3 Å². The topological polar surface area (TPSA) is 114 Å². The van der Waals surface area contributed by atoms with Crippen LogP contribution < -0.4 is 5.32 Å². The van der Waals surface area contributed by atoms with E-state index in [0.29, 0.717) is 22.9 Å². The molecule has 0 spiro atoms. The lowest BCUT2D eigenvalue weighted by Crippen LogP contribution is -2.19. The second kappa shape index (κ2) is 8.00. The summed E-state index contributed by atoms with van der Waals surface area (Å²) < 4.78 is 27.5. The fraction of sp³-hybridized carbons (Fsp3) is 0.526. The number of aryl methyl sites for hydroxylation is 1. The zero-order chi connectivity index (χ0) is 20.5. The molecule has 28 heavy (non-hydrogen) atoms. The van der Waals surface area contributed by atoms with Gasteiger partial charge in [-0.3, -0.25) is 19.1 Å². The second-order valence-electron chi connectivity index (χ2n) is 7.61. The minimum Gasteiger partial charge on any atom is -0.382 e. The third kappa shape index (κ3) is 4.59. The normalized spacial score (nSPS) is 22.4. The Labute approximate surface area is 165 Å². The zero-order valence-corrected chi connectivity index (χ0v) is 17.3. The van der Waals surface area contributed by atoms with Gasteiger partial charge in [-0.15, -0.1) is 0 Å². The van der Waals surface area contributed by atoms with Crippen molar-refractivity contribution < 1.29 is 17.4 Å². The van der Waals surface area contributed by atoms with Crippen molar-refractivity contribution in [2.75, 3.05) is 18.2 Å². The molecule has 0 aromatic carbocycles. The Morgan fingerprint density at radius 3 is 2.75 bits per heavy atom. The predicted octanol–water partition coefficient (Wildman–Crippen LogP) is 2.46. The van der Waals surface area contributed by atoms with Gasteiger partial charge >= 0.3 is 0 Å². The smallest absolute Gasteiger partial charge is 0.264 e. The number of H-pyrrole nitrogens is 1. The second-order valence-corrected chi connectivity index (χ2v) is 9.26. The van der Waals surface area contributed by atoms with E-state index in [9.17, 15) is 13.2 Å². The Bertz CT molecular complexity index is 970. The lowest BCUT2D eigenvalue weighted by Gasteiger charge is -2.17. The molecule has 0 aliphatic heterocycles. The number of hydrogen-bond donors (Lipinski definition) is 2. The molecule has 152 valence electrons. The maximum absolute atomic E-state index is 13.0. The summed E-state index contributed by atoms with van der Waals surface area (Å²) in [6, 6.07) is 1.91. The van der Waals surface area contributed by atoms with Crippen molar-refractivity contribution in [2.24, 2.45) is 11.8 Å². The molecule has 1 aliphatic carbocycles. The van der Waals surface area contributed by atoms with Gasteiger partial charge in [0.25, 0.3) is 10.1 Å². The first-order valence-corrected chi connectivity index (χ1v) is 11.1. The van der Waals surface area contributed by atoms with Gasteiger partial charge in [-0.1, -0.05) is 6.92 Å². The lowest BCUT2D eigenvalue weighted by atomic mass is 10.00. The van der Waals surface area contributed by atoms with Crippen LogP contribution in [0, 0.1) is 25.7 Å². The van der Waals surface area contributed by atoms with Gasteiger partial charge in [-0.25, -0.2) is 0 Å². The van der Waals surface area contributed by atoms with E-state index < -0.39 is 10.1 Å². The summed E-state index contributed by atoms with van der Waals surface area (Å²) >= 11 is 0. The van der Waals surface area contributed by atoms with Crippen LogP contribution >= 0.6 is 0 Å². The summed E-state index contributed by atoms with van der Waals surface area (Å²) in [5.74, 6) is 0.279. The predicted molar refractivity (Wildman–Crippen MR) is 106 cm³/mol. The maximum Gasteiger partial charge on any atom is 0.264 e. The first kappa shape index (κ1) is 20.5. The molecule has 1 saturated carbocycles. The standard InChI is InChI=1S/C19H26N4O4S/c1-11-7-15(8-14(11)10-27-28(4,25)26)21-17-5-6-20-9-16(17)19(24)18-12(2)13(3)22-23-18/h5-6,9,11,14-15H,7-8,10H2,1-4H3,(H,20,21)(H,22,23)/t11-,14+,15-/m0/s1. The van der Waals surface area contributed by atoms with Crippen LogP contribution in [0.15, 0.2) is 18.5 Å². The molecule has 2 N–H and O–H groups in total. The fourth-order valence-corrected chi connectivity index (χ4v) is 4.07. The van der Waals surface area contributed by atoms with Crippen LogP contribution in [0.3, 0.4) is 0 Å². The van der Waals surface area contributed by atoms with E-state index in [1.54, 1.807) is 18.5 Å². The highest BCUT2D eigenvalue weighted by atomic mass is 32.2. The average molecular weight is 407 g/mol. The number of aromatic nitrogens is 3. The van der Waals surface area contributed by atoms with Gasteiger partial charge in [-0.05, 0) is 44.6 Å². The Morgan fingerprint density at radius 2 is 2.11 bits per heavy atom. The Hall–Kier alpha value is -2.26. The molecule has 0 unspecified atom stereocenters. The summed E-state index contributed by atoms with van der Waals surface area (Å²) in [5, 5.41) is 10.4. The monoisotopic (exact) mass is 406 g/mol. The summed E-state index contributed by atoms with van der Waals surface area (Å²) in [7, 11) is -3.45. The maximum atomic E-state index is 13.0. The molecule has 2 aromatic rings. The van der Waals surface area contributed by atoms with E-state index in [4.69, 9.17) is 4.18 Å².